The molecule has 0 spiro atoms. The Labute approximate surface area is 121 Å². The van der Waals surface area contributed by atoms with Crippen LogP contribution in [0, 0.1) is 11.8 Å². The van der Waals surface area contributed by atoms with E-state index in [4.69, 9.17) is 0 Å². The Morgan fingerprint density at radius 2 is 2.05 bits per heavy atom. The molecule has 0 amide bonds. The van der Waals surface area contributed by atoms with Crippen molar-refractivity contribution in [2.45, 2.75) is 32.2 Å². The molecule has 2 N–H and O–H groups in total. The summed E-state index contributed by atoms with van der Waals surface area (Å²) in [5.74, 6) is 1.62. The van der Waals surface area contributed by atoms with Crippen LogP contribution in [0.25, 0.3) is 10.9 Å². The van der Waals surface area contributed by atoms with E-state index in [1.54, 1.807) is 0 Å². The van der Waals surface area contributed by atoms with Gasteiger partial charge in [-0.3, -0.25) is 0 Å². The number of rotatable bonds is 5. The highest BCUT2D eigenvalue weighted by atomic mass is 14.9. The normalized spacial score (nSPS) is 23.0. The van der Waals surface area contributed by atoms with Gasteiger partial charge in [0, 0.05) is 18.3 Å². The van der Waals surface area contributed by atoms with Crippen LogP contribution < -0.4 is 5.32 Å². The van der Waals surface area contributed by atoms with Gasteiger partial charge in [0.2, 0.25) is 0 Å². The number of aromatic nitrogens is 1. The molecule has 2 nitrogen and oxygen atoms in total. The molecule has 0 aliphatic heterocycles. The maximum Gasteiger partial charge on any atom is 0.0454 e. The average Bonchev–Trinajstić information content (AvgIpc) is 2.95. The van der Waals surface area contributed by atoms with Crippen molar-refractivity contribution in [1.82, 2.24) is 10.3 Å². The third-order valence-corrected chi connectivity index (χ3v) is 4.60. The molecule has 1 aromatic heterocycles. The van der Waals surface area contributed by atoms with Gasteiger partial charge in [-0.1, -0.05) is 12.1 Å². The molecule has 1 aliphatic carbocycles. The minimum Gasteiger partial charge on any atom is -0.361 e. The monoisotopic (exact) mass is 268 g/mol. The standard InChI is InChI=1S/C18H24N2/c1-2-14-3-5-15(6-4-14)12-19-13-16-7-8-18-17(11-16)9-10-20-18/h2,7-11,14-15,19-20H,1,3-6,12-13H2. The molecule has 3 rings (SSSR count). The number of hydrogen-bond acceptors (Lipinski definition) is 1. The Bertz CT molecular complexity index is 562. The second-order valence-electron chi connectivity index (χ2n) is 6.05. The molecule has 1 aromatic carbocycles. The molecule has 20 heavy (non-hydrogen) atoms. The van der Waals surface area contributed by atoms with E-state index in [1.807, 2.05) is 6.20 Å². The third kappa shape index (κ3) is 3.13. The highest BCUT2D eigenvalue weighted by Crippen LogP contribution is 2.28. The second kappa shape index (κ2) is 6.27. The van der Waals surface area contributed by atoms with Gasteiger partial charge in [0.1, 0.15) is 0 Å². The van der Waals surface area contributed by atoms with Crippen LogP contribution in [0.1, 0.15) is 31.2 Å². The second-order valence-corrected chi connectivity index (χ2v) is 6.05. The number of hydrogen-bond donors (Lipinski definition) is 2. The van der Waals surface area contributed by atoms with Crippen molar-refractivity contribution in [3.8, 4) is 0 Å². The Kier molecular flexibility index (Phi) is 4.22. The molecule has 106 valence electrons. The molecule has 1 fully saturated rings. The summed E-state index contributed by atoms with van der Waals surface area (Å²) in [6.07, 6.45) is 9.48. The summed E-state index contributed by atoms with van der Waals surface area (Å²) in [6.45, 7) is 6.04. The lowest BCUT2D eigenvalue weighted by molar-refractivity contribution is 0.300. The van der Waals surface area contributed by atoms with Crippen LogP contribution in [-0.2, 0) is 6.54 Å². The molecular formula is C18H24N2. The number of benzene rings is 1. The van der Waals surface area contributed by atoms with Crippen LogP contribution in [0.2, 0.25) is 0 Å². The lowest BCUT2D eigenvalue weighted by Crippen LogP contribution is -2.25. The van der Waals surface area contributed by atoms with Crippen LogP contribution in [0.4, 0.5) is 0 Å². The largest absolute Gasteiger partial charge is 0.361 e. The summed E-state index contributed by atoms with van der Waals surface area (Å²) in [5.41, 5.74) is 2.59. The number of H-pyrrole nitrogens is 1. The van der Waals surface area contributed by atoms with E-state index < -0.39 is 0 Å². The first-order chi connectivity index (χ1) is 9.85. The third-order valence-electron chi connectivity index (χ3n) is 4.60. The van der Waals surface area contributed by atoms with Crippen molar-refractivity contribution >= 4 is 10.9 Å². The SMILES string of the molecule is C=CC1CCC(CNCc2ccc3[nH]ccc3c2)CC1. The van der Waals surface area contributed by atoms with Crippen LogP contribution >= 0.6 is 0 Å². The summed E-state index contributed by atoms with van der Waals surface area (Å²) in [7, 11) is 0. The minimum atomic E-state index is 0.766. The number of aromatic amines is 1. The number of allylic oxidation sites excluding steroid dienone is 1. The zero-order valence-corrected chi connectivity index (χ0v) is 12.1. The summed E-state index contributed by atoms with van der Waals surface area (Å²) in [4.78, 5) is 3.24. The molecule has 0 atom stereocenters. The summed E-state index contributed by atoms with van der Waals surface area (Å²) >= 11 is 0. The first kappa shape index (κ1) is 13.4. The minimum absolute atomic E-state index is 0.766. The zero-order chi connectivity index (χ0) is 13.8. The molecule has 1 heterocycles. The molecule has 0 bridgehead atoms. The fraction of sp³-hybridized carbons (Fsp3) is 0.444. The van der Waals surface area contributed by atoms with Crippen molar-refractivity contribution in [3.63, 3.8) is 0 Å². The van der Waals surface area contributed by atoms with Gasteiger partial charge in [-0.2, -0.15) is 0 Å². The Balaban J connectivity index is 1.46. The van der Waals surface area contributed by atoms with E-state index in [2.05, 4.69) is 47.2 Å². The van der Waals surface area contributed by atoms with E-state index in [1.165, 1.54) is 42.1 Å². The predicted molar refractivity (Wildman–Crippen MR) is 85.7 cm³/mol. The molecule has 0 radical (unpaired) electrons. The Morgan fingerprint density at radius 3 is 2.85 bits per heavy atom. The van der Waals surface area contributed by atoms with Gasteiger partial charge in [-0.15, -0.1) is 6.58 Å². The topological polar surface area (TPSA) is 27.8 Å². The fourth-order valence-electron chi connectivity index (χ4n) is 3.26. The predicted octanol–water partition coefficient (Wildman–Crippen LogP) is 4.25. The maximum absolute atomic E-state index is 3.91. The van der Waals surface area contributed by atoms with Crippen molar-refractivity contribution in [1.29, 1.82) is 0 Å². The molecule has 0 saturated heterocycles. The van der Waals surface area contributed by atoms with Crippen LogP contribution in [0.5, 0.6) is 0 Å². The lowest BCUT2D eigenvalue weighted by Gasteiger charge is -2.26. The first-order valence-electron chi connectivity index (χ1n) is 7.74. The summed E-state index contributed by atoms with van der Waals surface area (Å²) < 4.78 is 0. The molecule has 1 saturated carbocycles. The summed E-state index contributed by atoms with van der Waals surface area (Å²) in [6, 6.07) is 8.78. The highest BCUT2D eigenvalue weighted by Gasteiger charge is 2.18. The van der Waals surface area contributed by atoms with Crippen molar-refractivity contribution < 1.29 is 0 Å². The van der Waals surface area contributed by atoms with Crippen molar-refractivity contribution in [2.24, 2.45) is 11.8 Å². The van der Waals surface area contributed by atoms with Gasteiger partial charge in [0.05, 0.1) is 0 Å². The first-order valence-corrected chi connectivity index (χ1v) is 7.74. The number of fused-ring (bicyclic) bond motifs is 1. The number of nitrogens with one attached hydrogen (secondary N) is 2. The summed E-state index contributed by atoms with van der Waals surface area (Å²) in [5, 5.41) is 4.93. The van der Waals surface area contributed by atoms with Gasteiger partial charge >= 0.3 is 0 Å². The smallest absolute Gasteiger partial charge is 0.0454 e. The molecule has 2 heteroatoms. The van der Waals surface area contributed by atoms with Gasteiger partial charge in [-0.05, 0) is 73.2 Å². The maximum atomic E-state index is 3.91. The van der Waals surface area contributed by atoms with Gasteiger partial charge in [0.25, 0.3) is 0 Å². The van der Waals surface area contributed by atoms with E-state index in [0.29, 0.717) is 0 Å². The van der Waals surface area contributed by atoms with E-state index >= 15 is 0 Å². The Hall–Kier alpha value is -1.54. The van der Waals surface area contributed by atoms with Crippen LogP contribution in [0.15, 0.2) is 43.1 Å². The van der Waals surface area contributed by atoms with Gasteiger partial charge in [0.15, 0.2) is 0 Å². The molecule has 2 aromatic rings. The lowest BCUT2D eigenvalue weighted by atomic mass is 9.82. The quantitative estimate of drug-likeness (QED) is 0.780. The Morgan fingerprint density at radius 1 is 1.20 bits per heavy atom. The highest BCUT2D eigenvalue weighted by molar-refractivity contribution is 5.79. The molecule has 0 unspecified atom stereocenters. The van der Waals surface area contributed by atoms with Crippen LogP contribution in [0.3, 0.4) is 0 Å². The fourth-order valence-corrected chi connectivity index (χ4v) is 3.26. The van der Waals surface area contributed by atoms with E-state index in [9.17, 15) is 0 Å². The van der Waals surface area contributed by atoms with Gasteiger partial charge in [-0.25, -0.2) is 0 Å². The van der Waals surface area contributed by atoms with E-state index in [-0.39, 0.29) is 0 Å². The van der Waals surface area contributed by atoms with Crippen molar-refractivity contribution in [3.05, 3.63) is 48.7 Å². The average molecular weight is 268 g/mol. The van der Waals surface area contributed by atoms with Crippen molar-refractivity contribution in [2.75, 3.05) is 6.54 Å². The zero-order valence-electron chi connectivity index (χ0n) is 12.1. The van der Waals surface area contributed by atoms with Gasteiger partial charge < -0.3 is 10.3 Å². The molecule has 1 aliphatic rings. The van der Waals surface area contributed by atoms with E-state index in [0.717, 1.165) is 24.9 Å². The molecular weight excluding hydrogens is 244 g/mol. The van der Waals surface area contributed by atoms with Crippen LogP contribution in [-0.4, -0.2) is 11.5 Å².